The maximum Gasteiger partial charge on any atom is 0.254 e. The van der Waals surface area contributed by atoms with Gasteiger partial charge in [-0.3, -0.25) is 9.59 Å². The predicted octanol–water partition coefficient (Wildman–Crippen LogP) is 5.34. The molecule has 0 saturated carbocycles. The number of nitrogens with zero attached hydrogens (tertiary/aromatic N) is 3. The normalized spacial score (nSPS) is 11.3. The summed E-state index contributed by atoms with van der Waals surface area (Å²) in [5, 5.41) is 7.70. The summed E-state index contributed by atoms with van der Waals surface area (Å²) in [7, 11) is 0. The molecule has 32 heavy (non-hydrogen) atoms. The summed E-state index contributed by atoms with van der Waals surface area (Å²) < 4.78 is 2.64. The highest BCUT2D eigenvalue weighted by Gasteiger charge is 2.23. The maximum atomic E-state index is 12.9. The summed E-state index contributed by atoms with van der Waals surface area (Å²) >= 11 is 3.37. The molecule has 0 fully saturated rings. The lowest BCUT2D eigenvalue weighted by atomic mass is 9.92. The van der Waals surface area contributed by atoms with Crippen LogP contribution in [0, 0.1) is 6.92 Å². The van der Waals surface area contributed by atoms with E-state index in [0.717, 1.165) is 21.4 Å². The third-order valence-electron chi connectivity index (χ3n) is 5.12. The third-order valence-corrected chi connectivity index (χ3v) is 5.65. The van der Waals surface area contributed by atoms with E-state index in [9.17, 15) is 9.59 Å². The number of benzene rings is 2. The van der Waals surface area contributed by atoms with Crippen molar-refractivity contribution in [2.24, 2.45) is 0 Å². The van der Waals surface area contributed by atoms with Crippen molar-refractivity contribution >= 4 is 33.6 Å². The van der Waals surface area contributed by atoms with Gasteiger partial charge in [-0.25, -0.2) is 4.68 Å². The predicted molar refractivity (Wildman–Crippen MR) is 131 cm³/mol. The number of hydrogen-bond acceptors (Lipinski definition) is 3. The van der Waals surface area contributed by atoms with E-state index in [2.05, 4.69) is 42.0 Å². The maximum absolute atomic E-state index is 12.9. The average molecular weight is 497 g/mol. The van der Waals surface area contributed by atoms with Crippen LogP contribution in [0.4, 0.5) is 5.82 Å². The van der Waals surface area contributed by atoms with E-state index in [1.54, 1.807) is 16.8 Å². The summed E-state index contributed by atoms with van der Waals surface area (Å²) in [5.74, 6) is 0.125. The first-order valence-corrected chi connectivity index (χ1v) is 11.4. The zero-order valence-electron chi connectivity index (χ0n) is 19.1. The highest BCUT2D eigenvalue weighted by molar-refractivity contribution is 9.10. The number of anilines is 1. The van der Waals surface area contributed by atoms with E-state index >= 15 is 0 Å². The number of rotatable bonds is 6. The molecule has 0 aliphatic rings. The average Bonchev–Trinajstić information content (AvgIpc) is 3.17. The van der Waals surface area contributed by atoms with E-state index < -0.39 is 0 Å². The lowest BCUT2D eigenvalue weighted by Crippen LogP contribution is -2.38. The Morgan fingerprint density at radius 1 is 1.06 bits per heavy atom. The molecule has 3 aromatic rings. The second-order valence-electron chi connectivity index (χ2n) is 8.79. The molecular weight excluding hydrogens is 468 g/mol. The minimum absolute atomic E-state index is 0.0463. The van der Waals surface area contributed by atoms with Gasteiger partial charge in [0.05, 0.1) is 11.4 Å². The number of aromatic nitrogens is 2. The summed E-state index contributed by atoms with van der Waals surface area (Å²) in [6.07, 6.45) is 0. The number of likely N-dealkylation sites (N-methyl/N-ethyl adjacent to an activating group) is 1. The molecule has 7 heteroatoms. The monoisotopic (exact) mass is 496 g/mol. The Hall–Kier alpha value is -2.93. The van der Waals surface area contributed by atoms with Crippen LogP contribution < -0.4 is 5.32 Å². The lowest BCUT2D eigenvalue weighted by Gasteiger charge is -2.20. The Labute approximate surface area is 197 Å². The SMILES string of the molecule is CCN(CC(=O)Nc1cc(C(C)(C)C)nn1-c1ccc(C)cc1)C(=O)c1ccc(Br)cc1. The molecule has 1 aromatic heterocycles. The zero-order chi connectivity index (χ0) is 23.5. The van der Waals surface area contributed by atoms with Crippen LogP contribution in [0.15, 0.2) is 59.1 Å². The van der Waals surface area contributed by atoms with Crippen LogP contribution in [0.2, 0.25) is 0 Å². The summed E-state index contributed by atoms with van der Waals surface area (Å²) in [5.41, 5.74) is 3.24. The number of carbonyl (C=O) groups excluding carboxylic acids is 2. The molecule has 0 radical (unpaired) electrons. The van der Waals surface area contributed by atoms with Gasteiger partial charge >= 0.3 is 0 Å². The minimum atomic E-state index is -0.272. The van der Waals surface area contributed by atoms with Crippen LogP contribution in [0.5, 0.6) is 0 Å². The second kappa shape index (κ2) is 9.69. The van der Waals surface area contributed by atoms with Gasteiger partial charge in [0, 0.05) is 28.1 Å². The van der Waals surface area contributed by atoms with Gasteiger partial charge in [0.25, 0.3) is 5.91 Å². The summed E-state index contributed by atoms with van der Waals surface area (Å²) in [6.45, 7) is 10.5. The molecule has 2 amide bonds. The van der Waals surface area contributed by atoms with E-state index in [-0.39, 0.29) is 23.8 Å². The van der Waals surface area contributed by atoms with Crippen molar-refractivity contribution in [3.05, 3.63) is 75.9 Å². The molecule has 1 heterocycles. The van der Waals surface area contributed by atoms with Crippen molar-refractivity contribution in [3.8, 4) is 5.69 Å². The van der Waals surface area contributed by atoms with Crippen molar-refractivity contribution in [2.75, 3.05) is 18.4 Å². The van der Waals surface area contributed by atoms with Crippen molar-refractivity contribution in [1.29, 1.82) is 0 Å². The highest BCUT2D eigenvalue weighted by Crippen LogP contribution is 2.26. The Morgan fingerprint density at radius 3 is 2.25 bits per heavy atom. The van der Waals surface area contributed by atoms with E-state index in [4.69, 9.17) is 5.10 Å². The van der Waals surface area contributed by atoms with Crippen LogP contribution in [0.25, 0.3) is 5.69 Å². The summed E-state index contributed by atoms with van der Waals surface area (Å²) in [6, 6.07) is 17.0. The standard InChI is InChI=1S/C25H29BrN4O2/c1-6-29(24(32)18-9-11-19(26)12-10-18)16-23(31)27-22-15-21(25(3,4)5)28-30(22)20-13-7-17(2)8-14-20/h7-15H,6,16H2,1-5H3,(H,27,31). The second-order valence-corrected chi connectivity index (χ2v) is 9.70. The van der Waals surface area contributed by atoms with Gasteiger partial charge < -0.3 is 10.2 Å². The largest absolute Gasteiger partial charge is 0.330 e. The Kier molecular flexibility index (Phi) is 7.19. The van der Waals surface area contributed by atoms with E-state index in [1.807, 2.05) is 56.3 Å². The molecule has 0 saturated heterocycles. The zero-order valence-corrected chi connectivity index (χ0v) is 20.7. The van der Waals surface area contributed by atoms with E-state index in [1.165, 1.54) is 4.90 Å². The number of hydrogen-bond donors (Lipinski definition) is 1. The first kappa shape index (κ1) is 23.7. The van der Waals surface area contributed by atoms with Gasteiger partial charge in [0.2, 0.25) is 5.91 Å². The van der Waals surface area contributed by atoms with Gasteiger partial charge in [-0.05, 0) is 50.2 Å². The van der Waals surface area contributed by atoms with Crippen molar-refractivity contribution in [3.63, 3.8) is 0 Å². The number of halogens is 1. The minimum Gasteiger partial charge on any atom is -0.330 e. The molecule has 0 unspecified atom stereocenters. The fourth-order valence-electron chi connectivity index (χ4n) is 3.18. The fraction of sp³-hybridized carbons (Fsp3) is 0.320. The quantitative estimate of drug-likeness (QED) is 0.500. The first-order chi connectivity index (χ1) is 15.1. The van der Waals surface area contributed by atoms with Crippen molar-refractivity contribution < 1.29 is 9.59 Å². The number of amides is 2. The molecule has 0 bridgehead atoms. The third kappa shape index (κ3) is 5.65. The molecule has 168 valence electrons. The van der Waals surface area contributed by atoms with Crippen LogP contribution >= 0.6 is 15.9 Å². The molecule has 0 aliphatic heterocycles. The number of carbonyl (C=O) groups is 2. The Balaban J connectivity index is 1.82. The molecule has 3 rings (SSSR count). The van der Waals surface area contributed by atoms with Gasteiger partial charge in [-0.1, -0.05) is 54.4 Å². The van der Waals surface area contributed by atoms with Crippen molar-refractivity contribution in [2.45, 2.75) is 40.0 Å². The molecule has 1 N–H and O–H groups in total. The first-order valence-electron chi connectivity index (χ1n) is 10.6. The van der Waals surface area contributed by atoms with Crippen LogP contribution in [0.3, 0.4) is 0 Å². The smallest absolute Gasteiger partial charge is 0.254 e. The number of aryl methyl sites for hydroxylation is 1. The lowest BCUT2D eigenvalue weighted by molar-refractivity contribution is -0.116. The number of nitrogens with one attached hydrogen (secondary N) is 1. The topological polar surface area (TPSA) is 67.2 Å². The highest BCUT2D eigenvalue weighted by atomic mass is 79.9. The van der Waals surface area contributed by atoms with Crippen LogP contribution in [-0.2, 0) is 10.2 Å². The van der Waals surface area contributed by atoms with Crippen LogP contribution in [-0.4, -0.2) is 39.6 Å². The summed E-state index contributed by atoms with van der Waals surface area (Å²) in [4.78, 5) is 27.3. The van der Waals surface area contributed by atoms with Gasteiger partial charge in [0.15, 0.2) is 0 Å². The molecular formula is C25H29BrN4O2. The molecule has 6 nitrogen and oxygen atoms in total. The van der Waals surface area contributed by atoms with Gasteiger partial charge in [0.1, 0.15) is 12.4 Å². The Bertz CT molecular complexity index is 1100. The fourth-order valence-corrected chi connectivity index (χ4v) is 3.44. The molecule has 2 aromatic carbocycles. The molecule has 0 aliphatic carbocycles. The van der Waals surface area contributed by atoms with E-state index in [0.29, 0.717) is 17.9 Å². The van der Waals surface area contributed by atoms with Crippen molar-refractivity contribution in [1.82, 2.24) is 14.7 Å². The van der Waals surface area contributed by atoms with Gasteiger partial charge in [-0.15, -0.1) is 0 Å². The molecule has 0 atom stereocenters. The van der Waals surface area contributed by atoms with Gasteiger partial charge in [-0.2, -0.15) is 5.10 Å². The van der Waals surface area contributed by atoms with Crippen LogP contribution in [0.1, 0.15) is 49.3 Å². The Morgan fingerprint density at radius 2 is 1.69 bits per heavy atom. The molecule has 0 spiro atoms.